The minimum atomic E-state index is 0.155. The van der Waals surface area contributed by atoms with Crippen molar-refractivity contribution >= 4 is 0 Å². The molecule has 0 heterocycles. The van der Waals surface area contributed by atoms with Gasteiger partial charge in [0.2, 0.25) is 0 Å². The van der Waals surface area contributed by atoms with Crippen molar-refractivity contribution in [3.8, 4) is 11.5 Å². The monoisotopic (exact) mass is 226 g/mol. The van der Waals surface area contributed by atoms with E-state index in [1.807, 2.05) is 54.6 Å². The maximum Gasteiger partial charge on any atom is 0.127 e. The molecule has 1 N–H and O–H groups in total. The average Bonchev–Trinajstić information content (AvgIpc) is 2.30. The molecule has 0 atom stereocenters. The van der Waals surface area contributed by atoms with Crippen molar-refractivity contribution in [2.24, 2.45) is 0 Å². The predicted molar refractivity (Wildman–Crippen MR) is 68.4 cm³/mol. The van der Waals surface area contributed by atoms with E-state index in [-0.39, 0.29) is 5.76 Å². The number of allylic oxidation sites excluding steroid dienone is 1. The van der Waals surface area contributed by atoms with Crippen LogP contribution in [0.15, 0.2) is 66.9 Å². The first-order chi connectivity index (χ1) is 8.24. The van der Waals surface area contributed by atoms with Gasteiger partial charge in [-0.3, -0.25) is 0 Å². The second-order valence-corrected chi connectivity index (χ2v) is 3.81. The summed E-state index contributed by atoms with van der Waals surface area (Å²) < 4.78 is 5.69. The van der Waals surface area contributed by atoms with E-state index in [9.17, 15) is 0 Å². The molecule has 0 amide bonds. The lowest BCUT2D eigenvalue weighted by molar-refractivity contribution is 0.401. The number of ether oxygens (including phenoxy) is 1. The molecule has 0 aliphatic carbocycles. The lowest BCUT2D eigenvalue weighted by atomic mass is 10.1. The highest BCUT2D eigenvalue weighted by Crippen LogP contribution is 2.22. The van der Waals surface area contributed by atoms with Gasteiger partial charge in [-0.25, -0.2) is 0 Å². The smallest absolute Gasteiger partial charge is 0.127 e. The van der Waals surface area contributed by atoms with Gasteiger partial charge in [-0.2, -0.15) is 0 Å². The topological polar surface area (TPSA) is 29.5 Å². The molecule has 86 valence electrons. The Hall–Kier alpha value is -2.22. The van der Waals surface area contributed by atoms with Crippen LogP contribution < -0.4 is 4.74 Å². The van der Waals surface area contributed by atoms with Crippen LogP contribution in [0.4, 0.5) is 0 Å². The van der Waals surface area contributed by atoms with Crippen LogP contribution in [0.2, 0.25) is 0 Å². The molecule has 2 heteroatoms. The molecule has 2 aromatic rings. The maximum atomic E-state index is 9.15. The zero-order chi connectivity index (χ0) is 12.1. The largest absolute Gasteiger partial charge is 0.513 e. The molecule has 17 heavy (non-hydrogen) atoms. The summed E-state index contributed by atoms with van der Waals surface area (Å²) in [4.78, 5) is 0. The lowest BCUT2D eigenvalue weighted by Crippen LogP contribution is -1.89. The SMILES string of the molecule is C=C(O)Cc1cccc(Oc2ccccc2)c1. The molecule has 2 nitrogen and oxygen atoms in total. The predicted octanol–water partition coefficient (Wildman–Crippen LogP) is 4.09. The lowest BCUT2D eigenvalue weighted by Gasteiger charge is -2.07. The fourth-order valence-corrected chi connectivity index (χ4v) is 1.58. The van der Waals surface area contributed by atoms with Crippen LogP contribution >= 0.6 is 0 Å². The zero-order valence-corrected chi connectivity index (χ0v) is 9.47. The highest BCUT2D eigenvalue weighted by molar-refractivity contribution is 5.34. The summed E-state index contributed by atoms with van der Waals surface area (Å²) in [7, 11) is 0. The van der Waals surface area contributed by atoms with Gasteiger partial charge in [-0.1, -0.05) is 36.9 Å². The first kappa shape index (κ1) is 11.3. The molecule has 0 saturated carbocycles. The van der Waals surface area contributed by atoms with Crippen LogP contribution in [0.1, 0.15) is 5.56 Å². The summed E-state index contributed by atoms with van der Waals surface area (Å²) >= 11 is 0. The van der Waals surface area contributed by atoms with Crippen molar-refractivity contribution in [2.45, 2.75) is 6.42 Å². The van der Waals surface area contributed by atoms with Crippen molar-refractivity contribution in [2.75, 3.05) is 0 Å². The van der Waals surface area contributed by atoms with Gasteiger partial charge in [-0.05, 0) is 29.8 Å². The zero-order valence-electron chi connectivity index (χ0n) is 9.47. The van der Waals surface area contributed by atoms with Crippen LogP contribution in [0.5, 0.6) is 11.5 Å². The fourth-order valence-electron chi connectivity index (χ4n) is 1.58. The summed E-state index contributed by atoms with van der Waals surface area (Å²) in [6, 6.07) is 17.2. The van der Waals surface area contributed by atoms with Crippen LogP contribution in [0, 0.1) is 0 Å². The minimum absolute atomic E-state index is 0.155. The molecule has 0 aliphatic heterocycles. The van der Waals surface area contributed by atoms with E-state index >= 15 is 0 Å². The van der Waals surface area contributed by atoms with E-state index in [2.05, 4.69) is 6.58 Å². The third-order valence-corrected chi connectivity index (χ3v) is 2.29. The molecule has 0 aromatic heterocycles. The molecule has 2 rings (SSSR count). The molecule has 0 spiro atoms. The quantitative estimate of drug-likeness (QED) is 0.795. The van der Waals surface area contributed by atoms with Gasteiger partial charge < -0.3 is 9.84 Å². The summed E-state index contributed by atoms with van der Waals surface area (Å²) in [5, 5.41) is 9.15. The van der Waals surface area contributed by atoms with Gasteiger partial charge in [-0.15, -0.1) is 0 Å². The van der Waals surface area contributed by atoms with E-state index in [1.165, 1.54) is 0 Å². The Labute approximate surface area is 101 Å². The minimum Gasteiger partial charge on any atom is -0.513 e. The average molecular weight is 226 g/mol. The van der Waals surface area contributed by atoms with Gasteiger partial charge in [0, 0.05) is 6.42 Å². The molecule has 0 fully saturated rings. The number of rotatable bonds is 4. The molecule has 0 radical (unpaired) electrons. The molecule has 0 aliphatic rings. The van der Waals surface area contributed by atoms with E-state index in [0.29, 0.717) is 6.42 Å². The summed E-state index contributed by atoms with van der Waals surface area (Å²) in [5.74, 6) is 1.71. The Balaban J connectivity index is 2.14. The number of aliphatic hydroxyl groups is 1. The van der Waals surface area contributed by atoms with Crippen molar-refractivity contribution in [1.29, 1.82) is 0 Å². The van der Waals surface area contributed by atoms with Crippen LogP contribution in [-0.4, -0.2) is 5.11 Å². The molecule has 0 saturated heterocycles. The Morgan fingerprint density at radius 2 is 1.71 bits per heavy atom. The second kappa shape index (κ2) is 5.21. The highest BCUT2D eigenvalue weighted by atomic mass is 16.5. The third-order valence-electron chi connectivity index (χ3n) is 2.29. The van der Waals surface area contributed by atoms with Crippen molar-refractivity contribution in [3.63, 3.8) is 0 Å². The number of benzene rings is 2. The van der Waals surface area contributed by atoms with E-state index < -0.39 is 0 Å². The molecular weight excluding hydrogens is 212 g/mol. The van der Waals surface area contributed by atoms with Crippen LogP contribution in [0.25, 0.3) is 0 Å². The van der Waals surface area contributed by atoms with Crippen molar-refractivity contribution < 1.29 is 9.84 Å². The Kier molecular flexibility index (Phi) is 3.46. The van der Waals surface area contributed by atoms with Gasteiger partial charge in [0.15, 0.2) is 0 Å². The Morgan fingerprint density at radius 3 is 2.41 bits per heavy atom. The molecular formula is C15H14O2. The first-order valence-corrected chi connectivity index (χ1v) is 5.42. The fraction of sp³-hybridized carbons (Fsp3) is 0.0667. The Bertz CT molecular complexity index is 503. The maximum absolute atomic E-state index is 9.15. The summed E-state index contributed by atoms with van der Waals surface area (Å²) in [5.41, 5.74) is 0.978. The van der Waals surface area contributed by atoms with Crippen molar-refractivity contribution in [3.05, 3.63) is 72.5 Å². The van der Waals surface area contributed by atoms with E-state index in [4.69, 9.17) is 9.84 Å². The molecule has 2 aromatic carbocycles. The summed E-state index contributed by atoms with van der Waals surface area (Å²) in [6.07, 6.45) is 0.450. The van der Waals surface area contributed by atoms with E-state index in [1.54, 1.807) is 0 Å². The number of hydrogen-bond acceptors (Lipinski definition) is 2. The molecule has 0 bridgehead atoms. The second-order valence-electron chi connectivity index (χ2n) is 3.81. The van der Waals surface area contributed by atoms with Gasteiger partial charge in [0.25, 0.3) is 0 Å². The Morgan fingerprint density at radius 1 is 1.00 bits per heavy atom. The number of para-hydroxylation sites is 1. The standard InChI is InChI=1S/C15H14O2/c1-12(16)10-13-6-5-9-15(11-13)17-14-7-3-2-4-8-14/h2-9,11,16H,1,10H2. The van der Waals surface area contributed by atoms with Crippen LogP contribution in [-0.2, 0) is 6.42 Å². The van der Waals surface area contributed by atoms with Gasteiger partial charge in [0.1, 0.15) is 11.5 Å². The third kappa shape index (κ3) is 3.38. The normalized spacial score (nSPS) is 9.88. The van der Waals surface area contributed by atoms with Gasteiger partial charge in [0.05, 0.1) is 5.76 Å². The summed E-state index contributed by atoms with van der Waals surface area (Å²) in [6.45, 7) is 3.48. The number of aliphatic hydroxyl groups excluding tert-OH is 1. The van der Waals surface area contributed by atoms with E-state index in [0.717, 1.165) is 17.1 Å². The first-order valence-electron chi connectivity index (χ1n) is 5.42. The number of hydrogen-bond donors (Lipinski definition) is 1. The molecule has 0 unspecified atom stereocenters. The van der Waals surface area contributed by atoms with Crippen molar-refractivity contribution in [1.82, 2.24) is 0 Å². The highest BCUT2D eigenvalue weighted by Gasteiger charge is 1.99. The van der Waals surface area contributed by atoms with Crippen LogP contribution in [0.3, 0.4) is 0 Å². The van der Waals surface area contributed by atoms with Gasteiger partial charge >= 0.3 is 0 Å².